The van der Waals surface area contributed by atoms with E-state index in [1.807, 2.05) is 12.1 Å². The van der Waals surface area contributed by atoms with Crippen LogP contribution in [0.3, 0.4) is 0 Å². The first kappa shape index (κ1) is 16.8. The Hall–Kier alpha value is -2.05. The van der Waals surface area contributed by atoms with E-state index >= 15 is 0 Å². The molecule has 7 heteroatoms. The lowest BCUT2D eigenvalue weighted by Gasteiger charge is -2.32. The summed E-state index contributed by atoms with van der Waals surface area (Å²) in [5, 5.41) is 23.4. The Kier molecular flexibility index (Phi) is 5.06. The van der Waals surface area contributed by atoms with Crippen LogP contribution in [0.2, 0.25) is 5.02 Å². The van der Waals surface area contributed by atoms with Crippen molar-refractivity contribution in [2.24, 2.45) is 0 Å². The van der Waals surface area contributed by atoms with Crippen molar-refractivity contribution in [3.05, 3.63) is 46.7 Å². The number of likely N-dealkylation sites (tertiary alicyclic amines) is 1. The number of hydrogen-bond acceptors (Lipinski definition) is 4. The normalized spacial score (nSPS) is 18.6. The van der Waals surface area contributed by atoms with Crippen LogP contribution in [-0.4, -0.2) is 44.0 Å². The number of carbonyl (C=O) groups is 1. The van der Waals surface area contributed by atoms with E-state index in [1.165, 1.54) is 4.68 Å². The van der Waals surface area contributed by atoms with Crippen molar-refractivity contribution < 1.29 is 15.0 Å². The third-order valence-electron chi connectivity index (χ3n) is 4.33. The summed E-state index contributed by atoms with van der Waals surface area (Å²) < 4.78 is 1.46. The molecule has 3 rings (SSSR count). The van der Waals surface area contributed by atoms with Crippen molar-refractivity contribution in [1.82, 2.24) is 14.7 Å². The number of phenols is 1. The Morgan fingerprint density at radius 2 is 2.21 bits per heavy atom. The predicted octanol–water partition coefficient (Wildman–Crippen LogP) is 2.71. The molecule has 1 aliphatic heterocycles. The molecular weight excluding hydrogens is 330 g/mol. The van der Waals surface area contributed by atoms with Crippen molar-refractivity contribution in [3.63, 3.8) is 0 Å². The molecule has 1 saturated heterocycles. The minimum absolute atomic E-state index is 0.107. The number of nitrogens with zero attached hydrogens (tertiary/aromatic N) is 3. The summed E-state index contributed by atoms with van der Waals surface area (Å²) >= 11 is 6.17. The van der Waals surface area contributed by atoms with E-state index in [2.05, 4.69) is 10.00 Å². The minimum Gasteiger partial charge on any atom is -0.506 e. The maximum absolute atomic E-state index is 10.8. The van der Waals surface area contributed by atoms with Gasteiger partial charge in [-0.05, 0) is 37.1 Å². The van der Waals surface area contributed by atoms with Crippen molar-refractivity contribution in [2.75, 3.05) is 13.1 Å². The van der Waals surface area contributed by atoms with Gasteiger partial charge in [0.25, 0.3) is 0 Å². The highest BCUT2D eigenvalue weighted by Gasteiger charge is 2.24. The molecule has 0 aliphatic carbocycles. The van der Waals surface area contributed by atoms with Gasteiger partial charge in [0.1, 0.15) is 12.3 Å². The van der Waals surface area contributed by atoms with Crippen LogP contribution in [0.5, 0.6) is 5.75 Å². The smallest absolute Gasteiger partial charge is 0.325 e. The summed E-state index contributed by atoms with van der Waals surface area (Å²) in [6, 6.07) is 7.21. The third kappa shape index (κ3) is 3.88. The number of rotatable bonds is 5. The number of piperidine rings is 1. The Labute approximate surface area is 145 Å². The van der Waals surface area contributed by atoms with E-state index in [1.54, 1.807) is 18.3 Å². The van der Waals surface area contributed by atoms with Crippen molar-refractivity contribution in [1.29, 1.82) is 0 Å². The molecule has 1 unspecified atom stereocenters. The Morgan fingerprint density at radius 3 is 3.00 bits per heavy atom. The van der Waals surface area contributed by atoms with Gasteiger partial charge >= 0.3 is 5.97 Å². The van der Waals surface area contributed by atoms with Crippen LogP contribution in [0.15, 0.2) is 30.5 Å². The monoisotopic (exact) mass is 349 g/mol. The number of halogens is 1. The summed E-state index contributed by atoms with van der Waals surface area (Å²) in [6.07, 6.45) is 3.80. The van der Waals surface area contributed by atoms with Crippen LogP contribution in [0.4, 0.5) is 0 Å². The molecular formula is C17H20ClN3O3. The molecule has 2 heterocycles. The molecule has 1 atom stereocenters. The molecule has 1 aromatic heterocycles. The van der Waals surface area contributed by atoms with Gasteiger partial charge in [0.05, 0.1) is 10.7 Å². The van der Waals surface area contributed by atoms with E-state index < -0.39 is 5.97 Å². The number of aliphatic carboxylic acids is 1. The number of phenolic OH excluding ortho intramolecular Hbond substituents is 1. The summed E-state index contributed by atoms with van der Waals surface area (Å²) in [5.74, 6) is -0.506. The van der Waals surface area contributed by atoms with Gasteiger partial charge in [-0.1, -0.05) is 23.7 Å². The van der Waals surface area contributed by atoms with Crippen LogP contribution in [0.25, 0.3) is 0 Å². The average molecular weight is 350 g/mol. The molecule has 0 amide bonds. The zero-order valence-corrected chi connectivity index (χ0v) is 14.0. The lowest BCUT2D eigenvalue weighted by molar-refractivity contribution is -0.137. The second-order valence-electron chi connectivity index (χ2n) is 6.16. The van der Waals surface area contributed by atoms with Gasteiger partial charge in [0.2, 0.25) is 0 Å². The van der Waals surface area contributed by atoms with E-state index in [-0.39, 0.29) is 18.2 Å². The maximum atomic E-state index is 10.8. The second kappa shape index (κ2) is 7.23. The van der Waals surface area contributed by atoms with E-state index in [9.17, 15) is 9.90 Å². The first-order chi connectivity index (χ1) is 11.5. The SMILES string of the molecule is O=C(O)Cn1ccc(C2CCCN(Cc3cccc(O)c3Cl)C2)n1. The van der Waals surface area contributed by atoms with Crippen LogP contribution < -0.4 is 0 Å². The lowest BCUT2D eigenvalue weighted by atomic mass is 9.94. The Bertz CT molecular complexity index is 732. The standard InChI is InChI=1S/C17H20ClN3O3/c18-17-13(3-1-5-15(17)22)10-20-7-2-4-12(9-20)14-6-8-21(19-14)11-16(23)24/h1,3,5-6,8,12,22H,2,4,7,9-11H2,(H,23,24). The highest BCUT2D eigenvalue weighted by molar-refractivity contribution is 6.32. The average Bonchev–Trinajstić information content (AvgIpc) is 3.00. The molecule has 0 bridgehead atoms. The number of carboxylic acids is 1. The van der Waals surface area contributed by atoms with Crippen molar-refractivity contribution in [2.45, 2.75) is 31.8 Å². The quantitative estimate of drug-likeness (QED) is 0.867. The van der Waals surface area contributed by atoms with Gasteiger partial charge in [-0.3, -0.25) is 14.4 Å². The highest BCUT2D eigenvalue weighted by Crippen LogP contribution is 2.30. The largest absolute Gasteiger partial charge is 0.506 e. The second-order valence-corrected chi connectivity index (χ2v) is 6.53. The van der Waals surface area contributed by atoms with Crippen LogP contribution >= 0.6 is 11.6 Å². The summed E-state index contributed by atoms with van der Waals surface area (Å²) in [6.45, 7) is 2.38. The molecule has 0 radical (unpaired) electrons. The van der Waals surface area contributed by atoms with Crippen LogP contribution in [0.1, 0.15) is 30.0 Å². The molecule has 2 N–H and O–H groups in total. The van der Waals surface area contributed by atoms with Gasteiger partial charge < -0.3 is 10.2 Å². The first-order valence-electron chi connectivity index (χ1n) is 7.97. The number of aromatic hydroxyl groups is 1. The number of benzene rings is 1. The number of aromatic nitrogens is 2. The fraction of sp³-hybridized carbons (Fsp3) is 0.412. The number of hydrogen-bond donors (Lipinski definition) is 2. The highest BCUT2D eigenvalue weighted by atomic mass is 35.5. The minimum atomic E-state index is -0.895. The van der Waals surface area contributed by atoms with Gasteiger partial charge in [0, 0.05) is 25.2 Å². The summed E-state index contributed by atoms with van der Waals surface area (Å²) in [4.78, 5) is 13.1. The Balaban J connectivity index is 1.67. The van der Waals surface area contributed by atoms with Crippen molar-refractivity contribution >= 4 is 17.6 Å². The molecule has 0 saturated carbocycles. The lowest BCUT2D eigenvalue weighted by Crippen LogP contribution is -2.34. The van der Waals surface area contributed by atoms with Crippen LogP contribution in [-0.2, 0) is 17.9 Å². The molecule has 6 nitrogen and oxygen atoms in total. The zero-order valence-electron chi connectivity index (χ0n) is 13.2. The zero-order chi connectivity index (χ0) is 17.1. The molecule has 1 aromatic carbocycles. The fourth-order valence-corrected chi connectivity index (χ4v) is 3.38. The van der Waals surface area contributed by atoms with Gasteiger partial charge in [-0.25, -0.2) is 0 Å². The predicted molar refractivity (Wildman–Crippen MR) is 90.2 cm³/mol. The molecule has 1 aliphatic rings. The van der Waals surface area contributed by atoms with Gasteiger partial charge in [-0.2, -0.15) is 5.10 Å². The number of carboxylic acid groups (broad SMARTS) is 1. The molecule has 1 fully saturated rings. The maximum Gasteiger partial charge on any atom is 0.325 e. The first-order valence-corrected chi connectivity index (χ1v) is 8.34. The third-order valence-corrected chi connectivity index (χ3v) is 4.77. The van der Waals surface area contributed by atoms with Crippen LogP contribution in [0, 0.1) is 0 Å². The van der Waals surface area contributed by atoms with E-state index in [0.29, 0.717) is 11.6 Å². The molecule has 128 valence electrons. The topological polar surface area (TPSA) is 78.6 Å². The van der Waals surface area contributed by atoms with Gasteiger partial charge in [-0.15, -0.1) is 0 Å². The Morgan fingerprint density at radius 1 is 1.38 bits per heavy atom. The molecule has 24 heavy (non-hydrogen) atoms. The van der Waals surface area contributed by atoms with E-state index in [0.717, 1.165) is 37.2 Å². The summed E-state index contributed by atoms with van der Waals surface area (Å²) in [7, 11) is 0. The van der Waals surface area contributed by atoms with Gasteiger partial charge in [0.15, 0.2) is 0 Å². The molecule has 2 aromatic rings. The van der Waals surface area contributed by atoms with Crippen molar-refractivity contribution in [3.8, 4) is 5.75 Å². The summed E-state index contributed by atoms with van der Waals surface area (Å²) in [5.41, 5.74) is 1.84. The molecule has 0 spiro atoms. The fourth-order valence-electron chi connectivity index (χ4n) is 3.19. The van der Waals surface area contributed by atoms with E-state index in [4.69, 9.17) is 16.7 Å².